The smallest absolute Gasteiger partial charge is 0.0724 e. The number of allylic oxidation sites excluding steroid dienone is 4. The van der Waals surface area contributed by atoms with E-state index in [4.69, 9.17) is 0 Å². The average molecular weight is 641 g/mol. The summed E-state index contributed by atoms with van der Waals surface area (Å²) in [5.74, 6) is 0. The zero-order chi connectivity index (χ0) is 33.0. The summed E-state index contributed by atoms with van der Waals surface area (Å²) in [7, 11) is 0. The third-order valence-corrected chi connectivity index (χ3v) is 10.2. The maximum atomic E-state index is 4.54. The summed E-state index contributed by atoms with van der Waals surface area (Å²) in [6, 6.07) is 46.0. The molecule has 0 atom stereocenters. The topological polar surface area (TPSA) is 35.6 Å². The fourth-order valence-corrected chi connectivity index (χ4v) is 7.87. The minimum Gasteiger partial charge on any atom is -0.307 e. The highest BCUT2D eigenvalue weighted by Crippen LogP contribution is 2.40. The van der Waals surface area contributed by atoms with Gasteiger partial charge in [0.05, 0.1) is 34.5 Å². The Bertz CT molecular complexity index is 2780. The standard InChI is InChI=1S/C46H32N4/c1-3-9-33(10-4-1)37-13-7-15-41-39-25-27-47-29-43(39)49(45(37)41)35-21-17-31(18-22-35)32-19-23-36(24-20-32)50-44-30-48-28-26-40(44)42-16-8-14-38(46(42)50)34-11-5-2-6-12-34/h1,3-5,7-30H,2,6H2. The first kappa shape index (κ1) is 28.5. The number of pyridine rings is 2. The van der Waals surface area contributed by atoms with Crippen LogP contribution in [0.5, 0.6) is 0 Å². The number of aromatic nitrogens is 4. The van der Waals surface area contributed by atoms with Crippen molar-refractivity contribution in [1.82, 2.24) is 19.1 Å². The molecule has 5 aromatic carbocycles. The van der Waals surface area contributed by atoms with Crippen LogP contribution in [0.3, 0.4) is 0 Å². The van der Waals surface area contributed by atoms with Gasteiger partial charge in [0.25, 0.3) is 0 Å². The van der Waals surface area contributed by atoms with Crippen LogP contribution in [0.25, 0.3) is 82.8 Å². The molecule has 0 amide bonds. The molecule has 0 N–H and O–H groups in total. The van der Waals surface area contributed by atoms with Crippen LogP contribution in [0.4, 0.5) is 0 Å². The number of para-hydroxylation sites is 2. The molecule has 1 aliphatic rings. The number of benzene rings is 5. The molecule has 0 bridgehead atoms. The molecule has 0 spiro atoms. The molecular formula is C46H32N4. The Labute approximate surface area is 289 Å². The predicted octanol–water partition coefficient (Wildman–Crippen LogP) is 11.7. The second kappa shape index (κ2) is 11.6. The summed E-state index contributed by atoms with van der Waals surface area (Å²) in [5, 5.41) is 4.89. The third-order valence-electron chi connectivity index (χ3n) is 10.2. The SMILES string of the molecule is C1=CC(c2cccc3c4ccncc4n(-c4ccc(-c5ccc(-n6c7cnccc7c7cccc(-c8ccccc8)c76)cc5)cc4)c23)=CCC1. The van der Waals surface area contributed by atoms with E-state index in [1.54, 1.807) is 0 Å². The summed E-state index contributed by atoms with van der Waals surface area (Å²) in [4.78, 5) is 9.06. The molecule has 0 saturated heterocycles. The maximum absolute atomic E-state index is 4.54. The minimum absolute atomic E-state index is 1.07. The number of hydrogen-bond acceptors (Lipinski definition) is 2. The van der Waals surface area contributed by atoms with E-state index in [2.05, 4.69) is 165 Å². The quantitative estimate of drug-likeness (QED) is 0.188. The molecule has 0 saturated carbocycles. The molecule has 0 unspecified atom stereocenters. The molecule has 0 aliphatic heterocycles. The van der Waals surface area contributed by atoms with Crippen molar-refractivity contribution in [2.24, 2.45) is 0 Å². The van der Waals surface area contributed by atoms with Gasteiger partial charge in [0, 0.05) is 56.4 Å². The molecule has 4 aromatic heterocycles. The van der Waals surface area contributed by atoms with Crippen LogP contribution in [0.2, 0.25) is 0 Å². The molecule has 0 radical (unpaired) electrons. The molecule has 10 rings (SSSR count). The minimum atomic E-state index is 1.07. The number of rotatable bonds is 5. The Kier molecular flexibility index (Phi) is 6.59. The summed E-state index contributed by atoms with van der Waals surface area (Å²) in [6.45, 7) is 0. The van der Waals surface area contributed by atoms with Crippen molar-refractivity contribution in [2.75, 3.05) is 0 Å². The average Bonchev–Trinajstić information content (AvgIpc) is 3.72. The molecule has 0 fully saturated rings. The fourth-order valence-electron chi connectivity index (χ4n) is 7.87. The lowest BCUT2D eigenvalue weighted by Crippen LogP contribution is -1.98. The molecule has 236 valence electrons. The number of hydrogen-bond donors (Lipinski definition) is 0. The van der Waals surface area contributed by atoms with Crippen LogP contribution >= 0.6 is 0 Å². The van der Waals surface area contributed by atoms with Crippen LogP contribution in [0, 0.1) is 0 Å². The maximum Gasteiger partial charge on any atom is 0.0724 e. The summed E-state index contributed by atoms with van der Waals surface area (Å²) >= 11 is 0. The van der Waals surface area contributed by atoms with Crippen LogP contribution in [-0.4, -0.2) is 19.1 Å². The Hall–Kier alpha value is -6.52. The summed E-state index contributed by atoms with van der Waals surface area (Å²) in [5.41, 5.74) is 14.1. The van der Waals surface area contributed by atoms with E-state index in [0.717, 1.165) is 35.2 Å². The molecular weight excluding hydrogens is 609 g/mol. The zero-order valence-corrected chi connectivity index (χ0v) is 27.4. The highest BCUT2D eigenvalue weighted by molar-refractivity contribution is 6.14. The molecule has 9 aromatic rings. The van der Waals surface area contributed by atoms with Gasteiger partial charge in [-0.25, -0.2) is 0 Å². The van der Waals surface area contributed by atoms with Gasteiger partial charge in [0.15, 0.2) is 0 Å². The van der Waals surface area contributed by atoms with E-state index in [1.165, 1.54) is 66.0 Å². The summed E-state index contributed by atoms with van der Waals surface area (Å²) < 4.78 is 4.74. The van der Waals surface area contributed by atoms with Gasteiger partial charge in [-0.3, -0.25) is 9.97 Å². The van der Waals surface area contributed by atoms with Gasteiger partial charge in [0.2, 0.25) is 0 Å². The van der Waals surface area contributed by atoms with Gasteiger partial charge in [-0.15, -0.1) is 0 Å². The monoisotopic (exact) mass is 640 g/mol. The van der Waals surface area contributed by atoms with E-state index in [9.17, 15) is 0 Å². The van der Waals surface area contributed by atoms with E-state index < -0.39 is 0 Å². The van der Waals surface area contributed by atoms with Gasteiger partial charge in [0.1, 0.15) is 0 Å². The van der Waals surface area contributed by atoms with Gasteiger partial charge >= 0.3 is 0 Å². The van der Waals surface area contributed by atoms with Gasteiger partial charge in [-0.1, -0.05) is 109 Å². The molecule has 50 heavy (non-hydrogen) atoms. The first-order valence-corrected chi connectivity index (χ1v) is 17.2. The van der Waals surface area contributed by atoms with Gasteiger partial charge < -0.3 is 9.13 Å². The second-order valence-electron chi connectivity index (χ2n) is 13.0. The molecule has 4 heteroatoms. The van der Waals surface area contributed by atoms with Crippen molar-refractivity contribution < 1.29 is 0 Å². The normalized spacial score (nSPS) is 13.1. The zero-order valence-electron chi connectivity index (χ0n) is 27.4. The number of nitrogens with zero attached hydrogens (tertiary/aromatic N) is 4. The van der Waals surface area contributed by atoms with Crippen LogP contribution < -0.4 is 0 Å². The van der Waals surface area contributed by atoms with Crippen molar-refractivity contribution in [2.45, 2.75) is 12.8 Å². The van der Waals surface area contributed by atoms with Crippen molar-refractivity contribution in [3.8, 4) is 33.6 Å². The lowest BCUT2D eigenvalue weighted by atomic mass is 9.97. The first-order valence-electron chi connectivity index (χ1n) is 17.2. The molecule has 1 aliphatic carbocycles. The fraction of sp³-hybridized carbons (Fsp3) is 0.0435. The van der Waals surface area contributed by atoms with Crippen LogP contribution in [-0.2, 0) is 0 Å². The van der Waals surface area contributed by atoms with Crippen molar-refractivity contribution >= 4 is 49.2 Å². The van der Waals surface area contributed by atoms with E-state index in [1.807, 2.05) is 24.8 Å². The van der Waals surface area contributed by atoms with E-state index in [-0.39, 0.29) is 0 Å². The Morgan fingerprint density at radius 2 is 1.00 bits per heavy atom. The highest BCUT2D eigenvalue weighted by atomic mass is 15.0. The third kappa shape index (κ3) is 4.46. The molecule has 4 nitrogen and oxygen atoms in total. The lowest BCUT2D eigenvalue weighted by molar-refractivity contribution is 1.04. The Morgan fingerprint density at radius 1 is 0.440 bits per heavy atom. The van der Waals surface area contributed by atoms with Gasteiger partial charge in [-0.05, 0) is 71.5 Å². The first-order chi connectivity index (χ1) is 24.8. The van der Waals surface area contributed by atoms with E-state index >= 15 is 0 Å². The van der Waals surface area contributed by atoms with Gasteiger partial charge in [-0.2, -0.15) is 0 Å². The van der Waals surface area contributed by atoms with Crippen molar-refractivity contribution in [1.29, 1.82) is 0 Å². The highest BCUT2D eigenvalue weighted by Gasteiger charge is 2.19. The largest absolute Gasteiger partial charge is 0.307 e. The van der Waals surface area contributed by atoms with Crippen molar-refractivity contribution in [3.05, 3.63) is 176 Å². The lowest BCUT2D eigenvalue weighted by Gasteiger charge is -2.14. The van der Waals surface area contributed by atoms with Crippen LogP contribution in [0.1, 0.15) is 18.4 Å². The predicted molar refractivity (Wildman–Crippen MR) is 208 cm³/mol. The molecule has 4 heterocycles. The van der Waals surface area contributed by atoms with Crippen LogP contribution in [0.15, 0.2) is 170 Å². The van der Waals surface area contributed by atoms with Crippen molar-refractivity contribution in [3.63, 3.8) is 0 Å². The number of fused-ring (bicyclic) bond motifs is 6. The summed E-state index contributed by atoms with van der Waals surface area (Å²) in [6.07, 6.45) is 16.8. The Morgan fingerprint density at radius 3 is 1.56 bits per heavy atom. The van der Waals surface area contributed by atoms with E-state index in [0.29, 0.717) is 0 Å². The Balaban J connectivity index is 1.07. The second-order valence-corrected chi connectivity index (χ2v) is 13.0.